The van der Waals surface area contributed by atoms with E-state index in [1.165, 1.54) is 5.56 Å². The van der Waals surface area contributed by atoms with E-state index in [1.54, 1.807) is 0 Å². The average Bonchev–Trinajstić information content (AvgIpc) is 2.45. The first kappa shape index (κ1) is 14.5. The molecule has 0 fully saturated rings. The van der Waals surface area contributed by atoms with Gasteiger partial charge >= 0.3 is 0 Å². The first-order chi connectivity index (χ1) is 9.69. The van der Waals surface area contributed by atoms with Crippen LogP contribution in [0.25, 0.3) is 0 Å². The highest BCUT2D eigenvalue weighted by molar-refractivity contribution is 5.42. The fourth-order valence-corrected chi connectivity index (χ4v) is 2.10. The SMILES string of the molecule is CCNCc1cc(C)nc(N(C)Cc2ccccn2)c1. The zero-order chi connectivity index (χ0) is 14.4. The number of hydrogen-bond acceptors (Lipinski definition) is 4. The molecule has 0 aromatic carbocycles. The Balaban J connectivity index is 2.12. The van der Waals surface area contributed by atoms with Gasteiger partial charge in [0, 0.05) is 25.5 Å². The zero-order valence-electron chi connectivity index (χ0n) is 12.4. The third-order valence-electron chi connectivity index (χ3n) is 3.10. The summed E-state index contributed by atoms with van der Waals surface area (Å²) in [7, 11) is 2.05. The highest BCUT2D eigenvalue weighted by Crippen LogP contribution is 2.15. The summed E-state index contributed by atoms with van der Waals surface area (Å²) in [5, 5.41) is 3.35. The molecular formula is C16H22N4. The van der Waals surface area contributed by atoms with Gasteiger partial charge in [-0.1, -0.05) is 13.0 Å². The minimum absolute atomic E-state index is 0.762. The molecule has 2 heterocycles. The lowest BCUT2D eigenvalue weighted by atomic mass is 10.2. The van der Waals surface area contributed by atoms with Crippen molar-refractivity contribution in [1.82, 2.24) is 15.3 Å². The highest BCUT2D eigenvalue weighted by Gasteiger charge is 2.06. The van der Waals surface area contributed by atoms with Gasteiger partial charge in [-0.25, -0.2) is 4.98 Å². The number of rotatable bonds is 6. The normalized spacial score (nSPS) is 10.6. The highest BCUT2D eigenvalue weighted by atomic mass is 15.2. The van der Waals surface area contributed by atoms with Gasteiger partial charge < -0.3 is 10.2 Å². The second-order valence-electron chi connectivity index (χ2n) is 4.93. The zero-order valence-corrected chi connectivity index (χ0v) is 12.4. The molecule has 2 rings (SSSR count). The van der Waals surface area contributed by atoms with E-state index < -0.39 is 0 Å². The largest absolute Gasteiger partial charge is 0.354 e. The van der Waals surface area contributed by atoms with Crippen LogP contribution in [0.2, 0.25) is 0 Å². The number of anilines is 1. The van der Waals surface area contributed by atoms with E-state index in [1.807, 2.05) is 38.4 Å². The molecular weight excluding hydrogens is 248 g/mol. The molecule has 0 saturated heterocycles. The molecule has 4 heteroatoms. The topological polar surface area (TPSA) is 41.1 Å². The maximum Gasteiger partial charge on any atom is 0.129 e. The van der Waals surface area contributed by atoms with Crippen molar-refractivity contribution in [1.29, 1.82) is 0 Å². The van der Waals surface area contributed by atoms with Gasteiger partial charge in [0.2, 0.25) is 0 Å². The molecule has 20 heavy (non-hydrogen) atoms. The summed E-state index contributed by atoms with van der Waals surface area (Å²) < 4.78 is 0. The van der Waals surface area contributed by atoms with Crippen LogP contribution in [0.15, 0.2) is 36.5 Å². The second kappa shape index (κ2) is 7.01. The molecule has 0 aliphatic carbocycles. The summed E-state index contributed by atoms with van der Waals surface area (Å²) in [5.41, 5.74) is 3.36. The molecule has 0 aliphatic heterocycles. The second-order valence-corrected chi connectivity index (χ2v) is 4.93. The Morgan fingerprint density at radius 2 is 2.10 bits per heavy atom. The van der Waals surface area contributed by atoms with Gasteiger partial charge in [0.25, 0.3) is 0 Å². The van der Waals surface area contributed by atoms with Gasteiger partial charge in [0.05, 0.1) is 12.2 Å². The summed E-state index contributed by atoms with van der Waals surface area (Å²) in [6.07, 6.45) is 1.82. The lowest BCUT2D eigenvalue weighted by molar-refractivity contribution is 0.724. The van der Waals surface area contributed by atoms with E-state index in [0.717, 1.165) is 36.8 Å². The monoisotopic (exact) mass is 270 g/mol. The standard InChI is InChI=1S/C16H22N4/c1-4-17-11-14-9-13(2)19-16(10-14)20(3)12-15-7-5-6-8-18-15/h5-10,17H,4,11-12H2,1-3H3. The average molecular weight is 270 g/mol. The summed E-state index contributed by atoms with van der Waals surface area (Å²) >= 11 is 0. The Kier molecular flexibility index (Phi) is 5.07. The number of aryl methyl sites for hydroxylation is 1. The molecule has 0 bridgehead atoms. The first-order valence-corrected chi connectivity index (χ1v) is 6.98. The molecule has 4 nitrogen and oxygen atoms in total. The van der Waals surface area contributed by atoms with Gasteiger partial charge in [0.15, 0.2) is 0 Å². The molecule has 0 radical (unpaired) electrons. The summed E-state index contributed by atoms with van der Waals surface area (Å²) in [6.45, 7) is 6.76. The van der Waals surface area contributed by atoms with Gasteiger partial charge in [-0.05, 0) is 43.3 Å². The van der Waals surface area contributed by atoms with E-state index in [0.29, 0.717) is 0 Å². The third-order valence-corrected chi connectivity index (χ3v) is 3.10. The Morgan fingerprint density at radius 3 is 2.80 bits per heavy atom. The number of pyridine rings is 2. The maximum atomic E-state index is 4.61. The van der Waals surface area contributed by atoms with Gasteiger partial charge in [0.1, 0.15) is 5.82 Å². The lowest BCUT2D eigenvalue weighted by Crippen LogP contribution is -2.19. The van der Waals surface area contributed by atoms with Crippen molar-refractivity contribution in [2.45, 2.75) is 26.9 Å². The molecule has 1 N–H and O–H groups in total. The molecule has 0 spiro atoms. The summed E-state index contributed by atoms with van der Waals surface area (Å²) in [5.74, 6) is 0.989. The number of nitrogens with one attached hydrogen (secondary N) is 1. The third kappa shape index (κ3) is 4.03. The van der Waals surface area contributed by atoms with Crippen molar-refractivity contribution >= 4 is 5.82 Å². The van der Waals surface area contributed by atoms with Crippen LogP contribution in [-0.4, -0.2) is 23.6 Å². The van der Waals surface area contributed by atoms with Crippen LogP contribution in [0.3, 0.4) is 0 Å². The van der Waals surface area contributed by atoms with Crippen molar-refractivity contribution in [2.24, 2.45) is 0 Å². The predicted octanol–water partition coefficient (Wildman–Crippen LogP) is 2.53. The molecule has 0 unspecified atom stereocenters. The molecule has 0 amide bonds. The van der Waals surface area contributed by atoms with Crippen LogP contribution in [-0.2, 0) is 13.1 Å². The minimum Gasteiger partial charge on any atom is -0.354 e. The number of nitrogens with zero attached hydrogens (tertiary/aromatic N) is 3. The van der Waals surface area contributed by atoms with Crippen molar-refractivity contribution in [3.8, 4) is 0 Å². The first-order valence-electron chi connectivity index (χ1n) is 6.98. The van der Waals surface area contributed by atoms with E-state index in [2.05, 4.69) is 39.2 Å². The van der Waals surface area contributed by atoms with Gasteiger partial charge in [-0.3, -0.25) is 4.98 Å². The van der Waals surface area contributed by atoms with E-state index in [9.17, 15) is 0 Å². The molecule has 2 aromatic heterocycles. The van der Waals surface area contributed by atoms with E-state index in [4.69, 9.17) is 0 Å². The van der Waals surface area contributed by atoms with Gasteiger partial charge in [-0.15, -0.1) is 0 Å². The van der Waals surface area contributed by atoms with Crippen LogP contribution >= 0.6 is 0 Å². The minimum atomic E-state index is 0.762. The van der Waals surface area contributed by atoms with E-state index >= 15 is 0 Å². The fraction of sp³-hybridized carbons (Fsp3) is 0.375. The molecule has 0 atom stereocenters. The molecule has 2 aromatic rings. The Hall–Kier alpha value is -1.94. The Bertz CT molecular complexity index is 539. The lowest BCUT2D eigenvalue weighted by Gasteiger charge is -2.19. The van der Waals surface area contributed by atoms with Crippen molar-refractivity contribution < 1.29 is 0 Å². The maximum absolute atomic E-state index is 4.61. The van der Waals surface area contributed by atoms with Crippen LogP contribution in [0.5, 0.6) is 0 Å². The summed E-state index contributed by atoms with van der Waals surface area (Å²) in [4.78, 5) is 11.1. The van der Waals surface area contributed by atoms with Crippen LogP contribution < -0.4 is 10.2 Å². The molecule has 0 aliphatic rings. The van der Waals surface area contributed by atoms with Crippen molar-refractivity contribution in [3.05, 3.63) is 53.5 Å². The molecule has 106 valence electrons. The fourth-order valence-electron chi connectivity index (χ4n) is 2.10. The van der Waals surface area contributed by atoms with Crippen molar-refractivity contribution in [2.75, 3.05) is 18.5 Å². The van der Waals surface area contributed by atoms with Crippen molar-refractivity contribution in [3.63, 3.8) is 0 Å². The Labute approximate surface area is 120 Å². The molecule has 0 saturated carbocycles. The Morgan fingerprint density at radius 1 is 1.25 bits per heavy atom. The van der Waals surface area contributed by atoms with Crippen LogP contribution in [0.1, 0.15) is 23.9 Å². The summed E-state index contributed by atoms with van der Waals surface area (Å²) in [6, 6.07) is 10.2. The number of hydrogen-bond donors (Lipinski definition) is 1. The quantitative estimate of drug-likeness (QED) is 0.876. The predicted molar refractivity (Wildman–Crippen MR) is 82.7 cm³/mol. The van der Waals surface area contributed by atoms with Gasteiger partial charge in [-0.2, -0.15) is 0 Å². The van der Waals surface area contributed by atoms with Crippen LogP contribution in [0.4, 0.5) is 5.82 Å². The number of aromatic nitrogens is 2. The van der Waals surface area contributed by atoms with E-state index in [-0.39, 0.29) is 0 Å². The smallest absolute Gasteiger partial charge is 0.129 e. The van der Waals surface area contributed by atoms with Crippen LogP contribution in [0, 0.1) is 6.92 Å².